The first-order chi connectivity index (χ1) is 13.9. The molecule has 3 aromatic rings. The van der Waals surface area contributed by atoms with Gasteiger partial charge >= 0.3 is 0 Å². The van der Waals surface area contributed by atoms with Gasteiger partial charge in [0.15, 0.2) is 0 Å². The van der Waals surface area contributed by atoms with E-state index >= 15 is 0 Å². The summed E-state index contributed by atoms with van der Waals surface area (Å²) in [6.07, 6.45) is 0. The van der Waals surface area contributed by atoms with E-state index in [1.807, 2.05) is 30.3 Å². The molecule has 0 aliphatic carbocycles. The van der Waals surface area contributed by atoms with Crippen LogP contribution in [0.3, 0.4) is 0 Å². The molecule has 0 saturated heterocycles. The third kappa shape index (κ3) is 5.75. The standard InChI is InChI=1S/C21H24N4O3S/c1-24(12-19(26)22-15-7-6-8-16(11-15)28-3)14-21(27)25(2)13-20-23-17-9-4-5-10-18(17)29-20/h4-11H,12-14H2,1-3H3,(H,22,26). The third-order valence-electron chi connectivity index (χ3n) is 4.31. The van der Waals surface area contributed by atoms with Gasteiger partial charge in [-0.15, -0.1) is 11.3 Å². The van der Waals surface area contributed by atoms with Gasteiger partial charge in [0.2, 0.25) is 11.8 Å². The fourth-order valence-corrected chi connectivity index (χ4v) is 3.85. The zero-order valence-electron chi connectivity index (χ0n) is 16.7. The van der Waals surface area contributed by atoms with E-state index in [0.29, 0.717) is 18.0 Å². The molecule has 0 saturated carbocycles. The minimum Gasteiger partial charge on any atom is -0.497 e. The highest BCUT2D eigenvalue weighted by molar-refractivity contribution is 7.18. The normalized spacial score (nSPS) is 10.9. The maximum atomic E-state index is 12.5. The largest absolute Gasteiger partial charge is 0.497 e. The van der Waals surface area contributed by atoms with Crippen molar-refractivity contribution in [3.8, 4) is 5.75 Å². The van der Waals surface area contributed by atoms with E-state index in [0.717, 1.165) is 15.2 Å². The summed E-state index contributed by atoms with van der Waals surface area (Å²) in [6, 6.07) is 15.1. The molecule has 8 heteroatoms. The number of benzene rings is 2. The molecule has 3 rings (SSSR count). The number of methoxy groups -OCH3 is 1. The number of likely N-dealkylation sites (N-methyl/N-ethyl adjacent to an activating group) is 2. The minimum atomic E-state index is -0.192. The van der Waals surface area contributed by atoms with Crippen LogP contribution < -0.4 is 10.1 Å². The molecule has 1 heterocycles. The van der Waals surface area contributed by atoms with Crippen LogP contribution in [-0.4, -0.2) is 60.9 Å². The molecular formula is C21H24N4O3S. The van der Waals surface area contributed by atoms with Crippen LogP contribution in [0, 0.1) is 0 Å². The average molecular weight is 413 g/mol. The highest BCUT2D eigenvalue weighted by Crippen LogP contribution is 2.22. The number of rotatable bonds is 8. The smallest absolute Gasteiger partial charge is 0.238 e. The van der Waals surface area contributed by atoms with Crippen LogP contribution in [0.15, 0.2) is 48.5 Å². The Bertz CT molecular complexity index is 971. The van der Waals surface area contributed by atoms with Gasteiger partial charge in [0, 0.05) is 18.8 Å². The summed E-state index contributed by atoms with van der Waals surface area (Å²) in [5.41, 5.74) is 1.60. The lowest BCUT2D eigenvalue weighted by Gasteiger charge is -2.21. The van der Waals surface area contributed by atoms with E-state index in [2.05, 4.69) is 10.3 Å². The Morgan fingerprint density at radius 2 is 1.90 bits per heavy atom. The maximum Gasteiger partial charge on any atom is 0.238 e. The number of fused-ring (bicyclic) bond motifs is 1. The van der Waals surface area contributed by atoms with Gasteiger partial charge in [0.1, 0.15) is 10.8 Å². The molecule has 0 unspecified atom stereocenters. The molecule has 29 heavy (non-hydrogen) atoms. The second-order valence-electron chi connectivity index (χ2n) is 6.78. The van der Waals surface area contributed by atoms with Gasteiger partial charge in [-0.25, -0.2) is 4.98 Å². The third-order valence-corrected chi connectivity index (χ3v) is 5.33. The fourth-order valence-electron chi connectivity index (χ4n) is 2.83. The molecule has 0 aliphatic rings. The molecule has 0 bridgehead atoms. The highest BCUT2D eigenvalue weighted by Gasteiger charge is 2.16. The topological polar surface area (TPSA) is 74.8 Å². The van der Waals surface area contributed by atoms with E-state index in [9.17, 15) is 9.59 Å². The second kappa shape index (κ2) is 9.49. The number of ether oxygens (including phenoxy) is 1. The first-order valence-electron chi connectivity index (χ1n) is 9.15. The molecule has 1 aromatic heterocycles. The van der Waals surface area contributed by atoms with Crippen molar-refractivity contribution in [2.45, 2.75) is 6.54 Å². The monoisotopic (exact) mass is 412 g/mol. The van der Waals surface area contributed by atoms with Crippen LogP contribution in [0.25, 0.3) is 10.2 Å². The number of aromatic nitrogens is 1. The molecule has 2 aromatic carbocycles. The molecule has 7 nitrogen and oxygen atoms in total. The van der Waals surface area contributed by atoms with Gasteiger partial charge in [-0.2, -0.15) is 0 Å². The first kappa shape index (κ1) is 20.8. The zero-order chi connectivity index (χ0) is 20.8. The number of hydrogen-bond acceptors (Lipinski definition) is 6. The maximum absolute atomic E-state index is 12.5. The number of carbonyl (C=O) groups is 2. The summed E-state index contributed by atoms with van der Waals surface area (Å²) >= 11 is 1.58. The van der Waals surface area contributed by atoms with Gasteiger partial charge < -0.3 is 15.0 Å². The van der Waals surface area contributed by atoms with Crippen LogP contribution >= 0.6 is 11.3 Å². The summed E-state index contributed by atoms with van der Waals surface area (Å²) in [6.45, 7) is 0.701. The highest BCUT2D eigenvalue weighted by atomic mass is 32.1. The van der Waals surface area contributed by atoms with Crippen LogP contribution in [0.1, 0.15) is 5.01 Å². The summed E-state index contributed by atoms with van der Waals surface area (Å²) in [4.78, 5) is 32.6. The SMILES string of the molecule is COc1cccc(NC(=O)CN(C)CC(=O)N(C)Cc2nc3ccccc3s2)c1. The van der Waals surface area contributed by atoms with E-state index in [1.165, 1.54) is 0 Å². The fraction of sp³-hybridized carbons (Fsp3) is 0.286. The van der Waals surface area contributed by atoms with Gasteiger partial charge in [-0.3, -0.25) is 14.5 Å². The predicted molar refractivity (Wildman–Crippen MR) is 115 cm³/mol. The molecule has 152 valence electrons. The lowest BCUT2D eigenvalue weighted by atomic mass is 10.3. The Hall–Kier alpha value is -2.97. The van der Waals surface area contributed by atoms with E-state index in [-0.39, 0.29) is 24.9 Å². The molecule has 0 aliphatic heterocycles. The van der Waals surface area contributed by atoms with Crippen molar-refractivity contribution >= 4 is 39.1 Å². The number of para-hydroxylation sites is 1. The van der Waals surface area contributed by atoms with Gasteiger partial charge in [0.05, 0.1) is 37.0 Å². The van der Waals surface area contributed by atoms with Crippen molar-refractivity contribution in [3.05, 3.63) is 53.5 Å². The number of carbonyl (C=O) groups excluding carboxylic acids is 2. The van der Waals surface area contributed by atoms with Crippen molar-refractivity contribution in [3.63, 3.8) is 0 Å². The van der Waals surface area contributed by atoms with Crippen molar-refractivity contribution in [1.82, 2.24) is 14.8 Å². The zero-order valence-corrected chi connectivity index (χ0v) is 17.5. The van der Waals surface area contributed by atoms with E-state index in [4.69, 9.17) is 4.74 Å². The molecule has 2 amide bonds. The number of hydrogen-bond donors (Lipinski definition) is 1. The van der Waals surface area contributed by atoms with Crippen LogP contribution in [0.5, 0.6) is 5.75 Å². The first-order valence-corrected chi connectivity index (χ1v) is 9.97. The van der Waals surface area contributed by atoms with Crippen LogP contribution in [0.2, 0.25) is 0 Å². The van der Waals surface area contributed by atoms with E-state index < -0.39 is 0 Å². The molecule has 0 atom stereocenters. The minimum absolute atomic E-state index is 0.0686. The van der Waals surface area contributed by atoms with Gasteiger partial charge in [-0.1, -0.05) is 18.2 Å². The summed E-state index contributed by atoms with van der Waals surface area (Å²) in [5.74, 6) is 0.408. The molecular weight excluding hydrogens is 388 g/mol. The Kier molecular flexibility index (Phi) is 6.79. The Balaban J connectivity index is 1.49. The molecule has 0 spiro atoms. The van der Waals surface area contributed by atoms with Crippen molar-refractivity contribution < 1.29 is 14.3 Å². The number of thiazole rings is 1. The van der Waals surface area contributed by atoms with Crippen molar-refractivity contribution in [1.29, 1.82) is 0 Å². The Morgan fingerprint density at radius 1 is 1.10 bits per heavy atom. The van der Waals surface area contributed by atoms with Gasteiger partial charge in [0.25, 0.3) is 0 Å². The lowest BCUT2D eigenvalue weighted by Crippen LogP contribution is -2.39. The summed E-state index contributed by atoms with van der Waals surface area (Å²) < 4.78 is 6.25. The second-order valence-corrected chi connectivity index (χ2v) is 7.89. The van der Waals surface area contributed by atoms with Crippen LogP contribution in [0.4, 0.5) is 5.69 Å². The number of amides is 2. The molecule has 0 radical (unpaired) electrons. The van der Waals surface area contributed by atoms with Crippen LogP contribution in [-0.2, 0) is 16.1 Å². The predicted octanol–water partition coefficient (Wildman–Crippen LogP) is 2.83. The summed E-state index contributed by atoms with van der Waals surface area (Å²) in [7, 11) is 5.07. The average Bonchev–Trinajstić information content (AvgIpc) is 3.10. The Morgan fingerprint density at radius 3 is 2.66 bits per heavy atom. The molecule has 0 fully saturated rings. The van der Waals surface area contributed by atoms with Crippen molar-refractivity contribution in [2.75, 3.05) is 39.6 Å². The lowest BCUT2D eigenvalue weighted by molar-refractivity contribution is -0.131. The quantitative estimate of drug-likeness (QED) is 0.616. The van der Waals surface area contributed by atoms with Gasteiger partial charge in [-0.05, 0) is 31.3 Å². The van der Waals surface area contributed by atoms with E-state index in [1.54, 1.807) is 60.5 Å². The molecule has 1 N–H and O–H groups in total. The summed E-state index contributed by atoms with van der Waals surface area (Å²) in [5, 5.41) is 3.70. The number of anilines is 1. The Labute approximate surface area is 173 Å². The number of nitrogens with one attached hydrogen (secondary N) is 1. The van der Waals surface area contributed by atoms with Crippen molar-refractivity contribution in [2.24, 2.45) is 0 Å². The number of nitrogens with zero attached hydrogens (tertiary/aromatic N) is 3.